The number of hydrogen-bond acceptors (Lipinski definition) is 4. The molecule has 0 amide bonds. The summed E-state index contributed by atoms with van der Waals surface area (Å²) in [5.74, 6) is 0.0753. The van der Waals surface area contributed by atoms with Gasteiger partial charge in [-0.25, -0.2) is 4.98 Å². The van der Waals surface area contributed by atoms with Crippen LogP contribution in [-0.2, 0) is 11.3 Å². The van der Waals surface area contributed by atoms with Crippen molar-refractivity contribution in [3.8, 4) is 0 Å². The van der Waals surface area contributed by atoms with Gasteiger partial charge in [-0.15, -0.1) is 11.3 Å². The van der Waals surface area contributed by atoms with Crippen LogP contribution in [0.15, 0.2) is 5.51 Å². The van der Waals surface area contributed by atoms with Crippen molar-refractivity contribution < 1.29 is 9.90 Å². The van der Waals surface area contributed by atoms with E-state index in [1.807, 2.05) is 12.4 Å². The van der Waals surface area contributed by atoms with E-state index in [-0.39, 0.29) is 0 Å². The molecular formula is C15H22N2O2S. The molecule has 1 aliphatic heterocycles. The van der Waals surface area contributed by atoms with Gasteiger partial charge in [-0.05, 0) is 38.6 Å². The lowest BCUT2D eigenvalue weighted by Gasteiger charge is -2.40. The average molecular weight is 294 g/mol. The Morgan fingerprint density at radius 2 is 2.40 bits per heavy atom. The number of carboxylic acids is 1. The van der Waals surface area contributed by atoms with Crippen LogP contribution in [0.25, 0.3) is 0 Å². The number of aromatic nitrogens is 1. The summed E-state index contributed by atoms with van der Waals surface area (Å²) in [6.45, 7) is 4.60. The van der Waals surface area contributed by atoms with Gasteiger partial charge in [0, 0.05) is 18.0 Å². The Balaban J connectivity index is 1.70. The van der Waals surface area contributed by atoms with E-state index in [0.717, 1.165) is 38.0 Å². The molecule has 2 heterocycles. The standard InChI is InChI=1S/C15H22N2O2S/c1-11-13(20-10-16-11)8-17-6-2-5-15(9-17,14(18)19)7-12-3-4-12/h10,12H,2-9H2,1H3,(H,18,19). The molecule has 1 aromatic rings. The van der Waals surface area contributed by atoms with Crippen molar-refractivity contribution in [3.05, 3.63) is 16.1 Å². The monoisotopic (exact) mass is 294 g/mol. The summed E-state index contributed by atoms with van der Waals surface area (Å²) in [5, 5.41) is 9.73. The van der Waals surface area contributed by atoms with E-state index in [2.05, 4.69) is 9.88 Å². The summed E-state index contributed by atoms with van der Waals surface area (Å²) in [6, 6.07) is 0. The number of hydrogen-bond donors (Lipinski definition) is 1. The fourth-order valence-electron chi connectivity index (χ4n) is 3.35. The van der Waals surface area contributed by atoms with Gasteiger partial charge in [0.2, 0.25) is 0 Å². The molecule has 20 heavy (non-hydrogen) atoms. The Hall–Kier alpha value is -0.940. The van der Waals surface area contributed by atoms with Crippen LogP contribution in [0.1, 0.15) is 42.7 Å². The van der Waals surface area contributed by atoms with Gasteiger partial charge in [0.05, 0.1) is 16.6 Å². The number of aryl methyl sites for hydroxylation is 1. The lowest BCUT2D eigenvalue weighted by Crippen LogP contribution is -2.47. The Morgan fingerprint density at radius 1 is 1.60 bits per heavy atom. The van der Waals surface area contributed by atoms with Gasteiger partial charge in [0.1, 0.15) is 0 Å². The first kappa shape index (κ1) is 14.0. The van der Waals surface area contributed by atoms with Gasteiger partial charge in [0.15, 0.2) is 0 Å². The summed E-state index contributed by atoms with van der Waals surface area (Å²) in [5.41, 5.74) is 2.46. The SMILES string of the molecule is Cc1ncsc1CN1CCCC(CC2CC2)(C(=O)O)C1. The van der Waals surface area contributed by atoms with Crippen LogP contribution in [0.3, 0.4) is 0 Å². The molecule has 1 saturated heterocycles. The van der Waals surface area contributed by atoms with Crippen molar-refractivity contribution in [2.24, 2.45) is 11.3 Å². The second-order valence-electron chi connectivity index (χ2n) is 6.41. The third kappa shape index (κ3) is 2.88. The summed E-state index contributed by atoms with van der Waals surface area (Å²) in [6.07, 6.45) is 5.17. The minimum absolute atomic E-state index is 0.502. The van der Waals surface area contributed by atoms with Crippen molar-refractivity contribution >= 4 is 17.3 Å². The molecule has 2 fully saturated rings. The van der Waals surface area contributed by atoms with Crippen molar-refractivity contribution in [2.45, 2.75) is 45.6 Å². The smallest absolute Gasteiger partial charge is 0.310 e. The van der Waals surface area contributed by atoms with Gasteiger partial charge in [-0.1, -0.05) is 12.8 Å². The van der Waals surface area contributed by atoms with E-state index >= 15 is 0 Å². The zero-order chi connectivity index (χ0) is 14.2. The molecular weight excluding hydrogens is 272 g/mol. The van der Waals surface area contributed by atoms with Crippen molar-refractivity contribution in [1.82, 2.24) is 9.88 Å². The highest BCUT2D eigenvalue weighted by atomic mass is 32.1. The van der Waals surface area contributed by atoms with E-state index < -0.39 is 11.4 Å². The van der Waals surface area contributed by atoms with Crippen molar-refractivity contribution in [3.63, 3.8) is 0 Å². The van der Waals surface area contributed by atoms with Crippen LogP contribution in [0.5, 0.6) is 0 Å². The Morgan fingerprint density at radius 3 is 3.00 bits per heavy atom. The number of likely N-dealkylation sites (tertiary alicyclic amines) is 1. The number of piperidine rings is 1. The molecule has 1 saturated carbocycles. The zero-order valence-electron chi connectivity index (χ0n) is 12.0. The largest absolute Gasteiger partial charge is 0.481 e. The second-order valence-corrected chi connectivity index (χ2v) is 7.35. The van der Waals surface area contributed by atoms with Crippen LogP contribution in [0.4, 0.5) is 0 Å². The Labute approximate surface area is 123 Å². The maximum Gasteiger partial charge on any atom is 0.310 e. The van der Waals surface area contributed by atoms with E-state index in [4.69, 9.17) is 0 Å². The minimum Gasteiger partial charge on any atom is -0.481 e. The average Bonchev–Trinajstić information content (AvgIpc) is 3.13. The predicted octanol–water partition coefficient (Wildman–Crippen LogP) is 2.92. The molecule has 2 aliphatic rings. The third-order valence-electron chi connectivity index (χ3n) is 4.70. The van der Waals surface area contributed by atoms with E-state index in [1.165, 1.54) is 17.7 Å². The molecule has 5 heteroatoms. The Bertz CT molecular complexity index is 498. The number of carboxylic acid groups (broad SMARTS) is 1. The Kier molecular flexibility index (Phi) is 3.82. The van der Waals surface area contributed by atoms with Crippen LogP contribution < -0.4 is 0 Å². The van der Waals surface area contributed by atoms with Crippen molar-refractivity contribution in [1.29, 1.82) is 0 Å². The molecule has 4 nitrogen and oxygen atoms in total. The van der Waals surface area contributed by atoms with Gasteiger partial charge < -0.3 is 5.11 Å². The minimum atomic E-state index is -0.588. The number of rotatable bonds is 5. The second kappa shape index (κ2) is 5.45. The summed E-state index contributed by atoms with van der Waals surface area (Å²) in [7, 11) is 0. The lowest BCUT2D eigenvalue weighted by atomic mass is 9.75. The summed E-state index contributed by atoms with van der Waals surface area (Å²) >= 11 is 1.68. The normalized spacial score (nSPS) is 27.6. The van der Waals surface area contributed by atoms with Crippen LogP contribution in [0.2, 0.25) is 0 Å². The molecule has 0 bridgehead atoms. The first-order valence-electron chi connectivity index (χ1n) is 7.44. The van der Waals surface area contributed by atoms with Crippen molar-refractivity contribution in [2.75, 3.05) is 13.1 Å². The van der Waals surface area contributed by atoms with Crippen LogP contribution >= 0.6 is 11.3 Å². The van der Waals surface area contributed by atoms with Gasteiger partial charge in [-0.2, -0.15) is 0 Å². The van der Waals surface area contributed by atoms with Gasteiger partial charge >= 0.3 is 5.97 Å². The molecule has 1 N–H and O–H groups in total. The highest BCUT2D eigenvalue weighted by Crippen LogP contribution is 2.45. The zero-order valence-corrected chi connectivity index (χ0v) is 12.8. The summed E-state index contributed by atoms with van der Waals surface area (Å²) in [4.78, 5) is 19.7. The lowest BCUT2D eigenvalue weighted by molar-refractivity contribution is -0.153. The molecule has 0 spiro atoms. The third-order valence-corrected chi connectivity index (χ3v) is 5.62. The van der Waals surface area contributed by atoms with E-state index in [9.17, 15) is 9.90 Å². The van der Waals surface area contributed by atoms with Gasteiger partial charge in [-0.3, -0.25) is 9.69 Å². The molecule has 1 aliphatic carbocycles. The number of carbonyl (C=O) groups is 1. The molecule has 3 rings (SSSR count). The quantitative estimate of drug-likeness (QED) is 0.907. The maximum atomic E-state index is 11.8. The van der Waals surface area contributed by atoms with E-state index in [1.54, 1.807) is 11.3 Å². The van der Waals surface area contributed by atoms with Crippen LogP contribution in [0, 0.1) is 18.3 Å². The fourth-order valence-corrected chi connectivity index (χ4v) is 4.16. The number of nitrogens with zero attached hydrogens (tertiary/aromatic N) is 2. The molecule has 1 atom stereocenters. The summed E-state index contributed by atoms with van der Waals surface area (Å²) < 4.78 is 0. The van der Waals surface area contributed by atoms with Gasteiger partial charge in [0.25, 0.3) is 0 Å². The predicted molar refractivity (Wildman–Crippen MR) is 78.8 cm³/mol. The highest BCUT2D eigenvalue weighted by molar-refractivity contribution is 7.09. The number of aliphatic carboxylic acids is 1. The van der Waals surface area contributed by atoms with E-state index in [0.29, 0.717) is 12.5 Å². The molecule has 0 radical (unpaired) electrons. The maximum absolute atomic E-state index is 11.8. The van der Waals surface area contributed by atoms with Crippen LogP contribution in [-0.4, -0.2) is 34.0 Å². The first-order chi connectivity index (χ1) is 9.59. The molecule has 1 aromatic heterocycles. The number of thiazole rings is 1. The first-order valence-corrected chi connectivity index (χ1v) is 8.32. The fraction of sp³-hybridized carbons (Fsp3) is 0.733. The topological polar surface area (TPSA) is 53.4 Å². The molecule has 110 valence electrons. The highest BCUT2D eigenvalue weighted by Gasteiger charge is 2.45. The molecule has 0 aromatic carbocycles. The molecule has 1 unspecified atom stereocenters.